The van der Waals surface area contributed by atoms with E-state index in [0.717, 1.165) is 37.0 Å². The molecule has 7 heteroatoms. The van der Waals surface area contributed by atoms with Crippen molar-refractivity contribution in [1.29, 1.82) is 0 Å². The highest BCUT2D eigenvalue weighted by Gasteiger charge is 2.28. The number of thiophene rings is 1. The van der Waals surface area contributed by atoms with Crippen LogP contribution in [0.4, 0.5) is 0 Å². The van der Waals surface area contributed by atoms with Crippen molar-refractivity contribution in [1.82, 2.24) is 19.4 Å². The molecular weight excluding hydrogens is 384 g/mol. The Morgan fingerprint density at radius 1 is 1.24 bits per heavy atom. The lowest BCUT2D eigenvalue weighted by Crippen LogP contribution is -2.37. The minimum Gasteiger partial charge on any atom is -0.361 e. The molecule has 1 amide bonds. The summed E-state index contributed by atoms with van der Waals surface area (Å²) in [5.41, 5.74) is 3.16. The number of H-pyrrole nitrogens is 1. The number of benzene rings is 1. The first-order valence-electron chi connectivity index (χ1n) is 9.84. The lowest BCUT2D eigenvalue weighted by atomic mass is 9.89. The van der Waals surface area contributed by atoms with E-state index in [9.17, 15) is 9.59 Å². The van der Waals surface area contributed by atoms with Crippen LogP contribution >= 0.6 is 11.3 Å². The topological polar surface area (TPSA) is 71.0 Å². The first kappa shape index (κ1) is 18.1. The average Bonchev–Trinajstić information content (AvgIpc) is 3.32. The van der Waals surface area contributed by atoms with Crippen LogP contribution in [0, 0.1) is 6.92 Å². The summed E-state index contributed by atoms with van der Waals surface area (Å²) >= 11 is 1.33. The van der Waals surface area contributed by atoms with Crippen molar-refractivity contribution in [3.05, 3.63) is 63.1 Å². The molecule has 0 radical (unpaired) electrons. The number of nitrogens with one attached hydrogen (secondary N) is 1. The normalized spacial score (nSPS) is 15.4. The summed E-state index contributed by atoms with van der Waals surface area (Å²) in [6.07, 6.45) is 5.51. The highest BCUT2D eigenvalue weighted by molar-refractivity contribution is 7.20. The Hall–Kier alpha value is -2.93. The van der Waals surface area contributed by atoms with Gasteiger partial charge in [-0.25, -0.2) is 4.98 Å². The number of amides is 1. The number of likely N-dealkylation sites (tertiary alicyclic amines) is 1. The monoisotopic (exact) mass is 406 g/mol. The Morgan fingerprint density at radius 2 is 2.00 bits per heavy atom. The van der Waals surface area contributed by atoms with Crippen molar-refractivity contribution in [2.45, 2.75) is 25.7 Å². The van der Waals surface area contributed by atoms with E-state index in [0.29, 0.717) is 21.0 Å². The molecule has 0 atom stereocenters. The largest absolute Gasteiger partial charge is 0.361 e. The maximum absolute atomic E-state index is 13.2. The summed E-state index contributed by atoms with van der Waals surface area (Å²) in [6, 6.07) is 8.37. The third-order valence-electron chi connectivity index (χ3n) is 6.05. The van der Waals surface area contributed by atoms with Crippen molar-refractivity contribution in [3.8, 4) is 0 Å². The lowest BCUT2D eigenvalue weighted by Gasteiger charge is -2.32. The van der Waals surface area contributed by atoms with Crippen LogP contribution in [0.15, 0.2) is 41.6 Å². The first-order valence-corrected chi connectivity index (χ1v) is 10.7. The van der Waals surface area contributed by atoms with Gasteiger partial charge in [0.05, 0.1) is 16.6 Å². The predicted octanol–water partition coefficient (Wildman–Crippen LogP) is 3.80. The Kier molecular flexibility index (Phi) is 4.28. The van der Waals surface area contributed by atoms with Gasteiger partial charge in [0.2, 0.25) is 0 Å². The highest BCUT2D eigenvalue weighted by atomic mass is 32.1. The molecule has 0 unspecified atom stereocenters. The third kappa shape index (κ3) is 2.88. The summed E-state index contributed by atoms with van der Waals surface area (Å²) in [4.78, 5) is 36.5. The van der Waals surface area contributed by atoms with Crippen molar-refractivity contribution >= 4 is 38.4 Å². The Balaban J connectivity index is 1.38. The molecule has 1 saturated heterocycles. The fourth-order valence-electron chi connectivity index (χ4n) is 4.38. The summed E-state index contributed by atoms with van der Waals surface area (Å²) < 4.78 is 1.46. The maximum Gasteiger partial charge on any atom is 0.264 e. The van der Waals surface area contributed by atoms with Crippen molar-refractivity contribution in [2.24, 2.45) is 7.05 Å². The number of aromatic amines is 1. The van der Waals surface area contributed by atoms with E-state index in [2.05, 4.69) is 34.4 Å². The number of hydrogen-bond acceptors (Lipinski definition) is 4. The highest BCUT2D eigenvalue weighted by Crippen LogP contribution is 2.34. The molecule has 0 saturated carbocycles. The van der Waals surface area contributed by atoms with E-state index < -0.39 is 0 Å². The molecule has 4 heterocycles. The molecule has 148 valence electrons. The molecule has 1 N–H and O–H groups in total. The van der Waals surface area contributed by atoms with Crippen LogP contribution in [0.5, 0.6) is 0 Å². The molecule has 1 aliphatic rings. The number of aromatic nitrogens is 3. The van der Waals surface area contributed by atoms with Crippen molar-refractivity contribution in [2.75, 3.05) is 13.1 Å². The van der Waals surface area contributed by atoms with E-state index in [-0.39, 0.29) is 11.5 Å². The molecule has 29 heavy (non-hydrogen) atoms. The molecule has 0 spiro atoms. The summed E-state index contributed by atoms with van der Waals surface area (Å²) in [5.74, 6) is 0.470. The average molecular weight is 407 g/mol. The second-order valence-electron chi connectivity index (χ2n) is 7.75. The van der Waals surface area contributed by atoms with Gasteiger partial charge in [-0.3, -0.25) is 9.59 Å². The number of fused-ring (bicyclic) bond motifs is 2. The Morgan fingerprint density at radius 3 is 2.79 bits per heavy atom. The van der Waals surface area contributed by atoms with Crippen LogP contribution in [0.2, 0.25) is 0 Å². The van der Waals surface area contributed by atoms with Crippen LogP contribution in [-0.2, 0) is 7.05 Å². The van der Waals surface area contributed by atoms with Gasteiger partial charge in [-0.15, -0.1) is 11.3 Å². The summed E-state index contributed by atoms with van der Waals surface area (Å²) in [6.45, 7) is 3.30. The molecule has 5 rings (SSSR count). The summed E-state index contributed by atoms with van der Waals surface area (Å²) in [7, 11) is 1.68. The van der Waals surface area contributed by atoms with Crippen LogP contribution in [0.1, 0.15) is 39.6 Å². The number of rotatable bonds is 2. The Bertz CT molecular complexity index is 1290. The van der Waals surface area contributed by atoms with Crippen LogP contribution < -0.4 is 5.56 Å². The standard InChI is InChI=1S/C22H22N4O2S/c1-13-18-20(24-12-25(2)21(18)27)29-19(13)22(28)26-9-7-14(8-10-26)16-11-23-17-6-4-3-5-15(16)17/h3-6,11-12,14,23H,7-10H2,1-2H3. The lowest BCUT2D eigenvalue weighted by molar-refractivity contribution is 0.0717. The zero-order valence-electron chi connectivity index (χ0n) is 16.4. The molecule has 1 fully saturated rings. The van der Waals surface area contributed by atoms with Crippen molar-refractivity contribution < 1.29 is 4.79 Å². The van der Waals surface area contributed by atoms with Crippen LogP contribution in [-0.4, -0.2) is 38.4 Å². The number of hydrogen-bond donors (Lipinski definition) is 1. The SMILES string of the molecule is Cc1c(C(=O)N2CCC(c3c[nH]c4ccccc34)CC2)sc2ncn(C)c(=O)c12. The number of carbonyl (C=O) groups excluding carboxylic acids is 1. The van der Waals surface area contributed by atoms with Gasteiger partial charge < -0.3 is 14.5 Å². The smallest absolute Gasteiger partial charge is 0.264 e. The minimum absolute atomic E-state index is 0.0185. The van der Waals surface area contributed by atoms with Gasteiger partial charge in [-0.05, 0) is 42.9 Å². The van der Waals surface area contributed by atoms with Gasteiger partial charge in [0, 0.05) is 37.2 Å². The zero-order valence-corrected chi connectivity index (χ0v) is 17.3. The number of aryl methyl sites for hydroxylation is 2. The molecule has 0 aliphatic carbocycles. The van der Waals surface area contributed by atoms with E-state index in [1.165, 1.54) is 33.2 Å². The van der Waals surface area contributed by atoms with E-state index >= 15 is 0 Å². The van der Waals surface area contributed by atoms with E-state index in [1.54, 1.807) is 7.05 Å². The van der Waals surface area contributed by atoms with E-state index in [4.69, 9.17) is 0 Å². The zero-order chi connectivity index (χ0) is 20.1. The van der Waals surface area contributed by atoms with Gasteiger partial charge >= 0.3 is 0 Å². The molecule has 1 aromatic carbocycles. The van der Waals surface area contributed by atoms with Crippen molar-refractivity contribution in [3.63, 3.8) is 0 Å². The fourth-order valence-corrected chi connectivity index (χ4v) is 5.49. The van der Waals surface area contributed by atoms with Gasteiger partial charge in [-0.2, -0.15) is 0 Å². The number of piperidine rings is 1. The quantitative estimate of drug-likeness (QED) is 0.550. The van der Waals surface area contributed by atoms with Gasteiger partial charge in [0.15, 0.2) is 0 Å². The number of para-hydroxylation sites is 1. The molecule has 0 bridgehead atoms. The molecule has 4 aromatic rings. The summed E-state index contributed by atoms with van der Waals surface area (Å²) in [5, 5.41) is 1.84. The number of nitrogens with zero attached hydrogens (tertiary/aromatic N) is 3. The van der Waals surface area contributed by atoms with Gasteiger partial charge in [-0.1, -0.05) is 18.2 Å². The first-order chi connectivity index (χ1) is 14.0. The second-order valence-corrected chi connectivity index (χ2v) is 8.75. The predicted molar refractivity (Wildman–Crippen MR) is 116 cm³/mol. The molecular formula is C22H22N4O2S. The van der Waals surface area contributed by atoms with E-state index in [1.807, 2.05) is 17.9 Å². The molecule has 1 aliphatic heterocycles. The van der Waals surface area contributed by atoms with Gasteiger partial charge in [0.1, 0.15) is 4.83 Å². The molecule has 6 nitrogen and oxygen atoms in total. The van der Waals surface area contributed by atoms with Crippen LogP contribution in [0.3, 0.4) is 0 Å². The maximum atomic E-state index is 13.2. The number of carbonyl (C=O) groups is 1. The Labute approximate surface area is 171 Å². The third-order valence-corrected chi connectivity index (χ3v) is 7.24. The minimum atomic E-state index is -0.0964. The second kappa shape index (κ2) is 6.84. The molecule has 3 aromatic heterocycles. The van der Waals surface area contributed by atoms with Crippen LogP contribution in [0.25, 0.3) is 21.1 Å². The fraction of sp³-hybridized carbons (Fsp3) is 0.318. The van der Waals surface area contributed by atoms with Gasteiger partial charge in [0.25, 0.3) is 11.5 Å².